The highest BCUT2D eigenvalue weighted by atomic mass is 35.5. The van der Waals surface area contributed by atoms with E-state index in [1.807, 2.05) is 42.5 Å². The van der Waals surface area contributed by atoms with Crippen LogP contribution in [0.25, 0.3) is 11.3 Å². The molecule has 2 aromatic carbocycles. The SMILES string of the molecule is Cc1sc(C2(c3ccc(Cl)cc3Cl)CC2)nc1-c1ccccc1Cl. The van der Waals surface area contributed by atoms with Crippen LogP contribution in [0, 0.1) is 6.92 Å². The number of hydrogen-bond acceptors (Lipinski definition) is 2. The fourth-order valence-corrected chi connectivity index (χ4v) is 5.11. The van der Waals surface area contributed by atoms with Crippen LogP contribution >= 0.6 is 46.1 Å². The maximum atomic E-state index is 6.46. The summed E-state index contributed by atoms with van der Waals surface area (Å²) in [6.45, 7) is 2.10. The minimum Gasteiger partial charge on any atom is -0.240 e. The molecule has 0 N–H and O–H groups in total. The van der Waals surface area contributed by atoms with E-state index < -0.39 is 0 Å². The molecule has 1 heterocycles. The summed E-state index contributed by atoms with van der Waals surface area (Å²) >= 11 is 20.6. The number of halogens is 3. The number of hydrogen-bond donors (Lipinski definition) is 0. The molecule has 24 heavy (non-hydrogen) atoms. The topological polar surface area (TPSA) is 12.9 Å². The van der Waals surface area contributed by atoms with E-state index in [9.17, 15) is 0 Å². The van der Waals surface area contributed by atoms with E-state index in [1.54, 1.807) is 11.3 Å². The lowest BCUT2D eigenvalue weighted by Crippen LogP contribution is -2.09. The largest absolute Gasteiger partial charge is 0.240 e. The predicted octanol–water partition coefficient (Wildman–Crippen LogP) is 7.16. The van der Waals surface area contributed by atoms with E-state index in [0.29, 0.717) is 10.0 Å². The van der Waals surface area contributed by atoms with E-state index in [0.717, 1.165) is 39.7 Å². The Morgan fingerprint density at radius 2 is 1.75 bits per heavy atom. The Morgan fingerprint density at radius 1 is 1.00 bits per heavy atom. The van der Waals surface area contributed by atoms with Gasteiger partial charge in [-0.05, 0) is 43.5 Å². The Balaban J connectivity index is 1.81. The number of thiazole rings is 1. The van der Waals surface area contributed by atoms with Crippen LogP contribution in [-0.4, -0.2) is 4.98 Å². The highest BCUT2D eigenvalue weighted by Crippen LogP contribution is 2.57. The van der Waals surface area contributed by atoms with Gasteiger partial charge in [0.15, 0.2) is 0 Å². The van der Waals surface area contributed by atoms with Crippen molar-refractivity contribution in [3.63, 3.8) is 0 Å². The third-order valence-electron chi connectivity index (χ3n) is 4.53. The second kappa shape index (κ2) is 6.03. The molecule has 0 unspecified atom stereocenters. The molecule has 0 radical (unpaired) electrons. The molecule has 3 aromatic rings. The van der Waals surface area contributed by atoms with Crippen LogP contribution in [0.5, 0.6) is 0 Å². The molecule has 1 aliphatic carbocycles. The first-order valence-corrected chi connectivity index (χ1v) is 9.65. The highest BCUT2D eigenvalue weighted by Gasteiger charge is 2.50. The van der Waals surface area contributed by atoms with Gasteiger partial charge in [0.25, 0.3) is 0 Å². The Morgan fingerprint density at radius 3 is 2.42 bits per heavy atom. The molecule has 1 fully saturated rings. The van der Waals surface area contributed by atoms with Crippen molar-refractivity contribution in [1.29, 1.82) is 0 Å². The zero-order valence-corrected chi connectivity index (χ0v) is 16.0. The van der Waals surface area contributed by atoms with Gasteiger partial charge in [-0.3, -0.25) is 0 Å². The van der Waals surface area contributed by atoms with Crippen molar-refractivity contribution in [3.8, 4) is 11.3 Å². The molecular formula is C19H14Cl3NS. The zero-order valence-electron chi connectivity index (χ0n) is 12.9. The molecule has 4 rings (SSSR count). The third kappa shape index (κ3) is 2.66. The van der Waals surface area contributed by atoms with Gasteiger partial charge in [-0.1, -0.05) is 59.1 Å². The Kier molecular flexibility index (Phi) is 4.12. The highest BCUT2D eigenvalue weighted by molar-refractivity contribution is 7.12. The first kappa shape index (κ1) is 16.4. The fourth-order valence-electron chi connectivity index (χ4n) is 3.11. The number of aryl methyl sites for hydroxylation is 1. The third-order valence-corrected chi connectivity index (χ3v) is 6.58. The maximum Gasteiger partial charge on any atom is 0.104 e. The van der Waals surface area contributed by atoms with Crippen molar-refractivity contribution in [1.82, 2.24) is 4.98 Å². The molecule has 0 amide bonds. The van der Waals surface area contributed by atoms with Crippen molar-refractivity contribution in [3.05, 3.63) is 73.0 Å². The van der Waals surface area contributed by atoms with Crippen LogP contribution < -0.4 is 0 Å². The fraction of sp³-hybridized carbons (Fsp3) is 0.211. The summed E-state index contributed by atoms with van der Waals surface area (Å²) in [4.78, 5) is 6.13. The average Bonchev–Trinajstić information content (AvgIpc) is 3.25. The smallest absolute Gasteiger partial charge is 0.104 e. The van der Waals surface area contributed by atoms with Gasteiger partial charge in [0, 0.05) is 30.9 Å². The van der Waals surface area contributed by atoms with Crippen LogP contribution in [0.2, 0.25) is 15.1 Å². The van der Waals surface area contributed by atoms with Gasteiger partial charge >= 0.3 is 0 Å². The standard InChI is InChI=1S/C19H14Cl3NS/c1-11-17(13-4-2-3-5-15(13)21)23-18(24-11)19(8-9-19)14-7-6-12(20)10-16(14)22/h2-7,10H,8-9H2,1H3. The molecule has 0 spiro atoms. The van der Waals surface area contributed by atoms with Crippen molar-refractivity contribution in [2.75, 3.05) is 0 Å². The molecule has 122 valence electrons. The lowest BCUT2D eigenvalue weighted by atomic mass is 9.96. The van der Waals surface area contributed by atoms with Gasteiger partial charge < -0.3 is 0 Å². The minimum atomic E-state index is -0.0728. The molecule has 0 aliphatic heterocycles. The zero-order chi connectivity index (χ0) is 16.9. The van der Waals surface area contributed by atoms with Crippen LogP contribution in [0.1, 0.15) is 28.3 Å². The lowest BCUT2D eigenvalue weighted by Gasteiger charge is -2.14. The Hall–Kier alpha value is -1.06. The molecule has 0 bridgehead atoms. The normalized spacial score (nSPS) is 15.5. The van der Waals surface area contributed by atoms with Gasteiger partial charge in [0.1, 0.15) is 5.01 Å². The first-order valence-electron chi connectivity index (χ1n) is 7.69. The summed E-state index contributed by atoms with van der Waals surface area (Å²) in [6, 6.07) is 13.6. The maximum absolute atomic E-state index is 6.46. The number of aromatic nitrogens is 1. The summed E-state index contributed by atoms with van der Waals surface area (Å²) in [5.41, 5.74) is 3.00. The molecule has 1 aliphatic rings. The summed E-state index contributed by atoms with van der Waals surface area (Å²) < 4.78 is 0. The molecule has 1 aromatic heterocycles. The van der Waals surface area contributed by atoms with Crippen LogP contribution in [0.15, 0.2) is 42.5 Å². The van der Waals surface area contributed by atoms with Crippen LogP contribution in [0.3, 0.4) is 0 Å². The molecule has 1 saturated carbocycles. The van der Waals surface area contributed by atoms with Gasteiger partial charge in [0.05, 0.1) is 5.69 Å². The molecule has 0 atom stereocenters. The summed E-state index contributed by atoms with van der Waals surface area (Å²) in [6.07, 6.45) is 2.12. The minimum absolute atomic E-state index is 0.0728. The quantitative estimate of drug-likeness (QED) is 0.459. The Bertz CT molecular complexity index is 928. The number of benzene rings is 2. The van der Waals surface area contributed by atoms with E-state index in [4.69, 9.17) is 39.8 Å². The van der Waals surface area contributed by atoms with Gasteiger partial charge in [-0.25, -0.2) is 4.98 Å². The second-order valence-electron chi connectivity index (χ2n) is 6.11. The average molecular weight is 395 g/mol. The predicted molar refractivity (Wildman–Crippen MR) is 104 cm³/mol. The summed E-state index contributed by atoms with van der Waals surface area (Å²) in [5, 5.41) is 3.21. The Labute approximate surface area is 160 Å². The number of rotatable bonds is 3. The summed E-state index contributed by atoms with van der Waals surface area (Å²) in [5.74, 6) is 0. The van der Waals surface area contributed by atoms with Crippen LogP contribution in [0.4, 0.5) is 0 Å². The van der Waals surface area contributed by atoms with Crippen LogP contribution in [-0.2, 0) is 5.41 Å². The van der Waals surface area contributed by atoms with Crippen molar-refractivity contribution in [2.24, 2.45) is 0 Å². The van der Waals surface area contributed by atoms with E-state index in [-0.39, 0.29) is 5.41 Å². The molecule has 0 saturated heterocycles. The van der Waals surface area contributed by atoms with E-state index in [1.165, 1.54) is 4.88 Å². The van der Waals surface area contributed by atoms with Crippen molar-refractivity contribution in [2.45, 2.75) is 25.2 Å². The van der Waals surface area contributed by atoms with Gasteiger partial charge in [0.2, 0.25) is 0 Å². The molecule has 1 nitrogen and oxygen atoms in total. The lowest BCUT2D eigenvalue weighted by molar-refractivity contribution is 0.835. The van der Waals surface area contributed by atoms with Crippen molar-refractivity contribution >= 4 is 46.1 Å². The molecule has 5 heteroatoms. The van der Waals surface area contributed by atoms with E-state index >= 15 is 0 Å². The monoisotopic (exact) mass is 393 g/mol. The first-order chi connectivity index (χ1) is 11.5. The van der Waals surface area contributed by atoms with E-state index in [2.05, 4.69) is 6.92 Å². The second-order valence-corrected chi connectivity index (χ2v) is 8.56. The summed E-state index contributed by atoms with van der Waals surface area (Å²) in [7, 11) is 0. The van der Waals surface area contributed by atoms with Gasteiger partial charge in [-0.2, -0.15) is 0 Å². The number of nitrogens with zero attached hydrogens (tertiary/aromatic N) is 1. The van der Waals surface area contributed by atoms with Gasteiger partial charge in [-0.15, -0.1) is 11.3 Å². The van der Waals surface area contributed by atoms with Crippen molar-refractivity contribution < 1.29 is 0 Å². The molecular weight excluding hydrogens is 381 g/mol.